The molecule has 0 bridgehead atoms. The summed E-state index contributed by atoms with van der Waals surface area (Å²) in [4.78, 5) is 23.5. The largest absolute Gasteiger partial charge is 0.497 e. The van der Waals surface area contributed by atoms with Gasteiger partial charge in [-0.2, -0.15) is 20.1 Å². The first-order valence-electron chi connectivity index (χ1n) is 11.8. The molecule has 0 saturated carbocycles. The van der Waals surface area contributed by atoms with Crippen molar-refractivity contribution < 1.29 is 18.5 Å². The maximum atomic E-state index is 13.2. The van der Waals surface area contributed by atoms with Crippen molar-refractivity contribution in [2.75, 3.05) is 23.2 Å². The van der Waals surface area contributed by atoms with Gasteiger partial charge in [-0.05, 0) is 72.8 Å². The average molecular weight is 541 g/mol. The average Bonchev–Trinajstić information content (AvgIpc) is 3.43. The number of nitro benzene ring substituents is 1. The molecule has 0 atom stereocenters. The fraction of sp³-hybridized carbons (Fsp3) is 0.0370. The van der Waals surface area contributed by atoms with Crippen LogP contribution in [-0.4, -0.2) is 33.2 Å². The van der Waals surface area contributed by atoms with Gasteiger partial charge in [-0.3, -0.25) is 10.1 Å². The molecule has 0 aliphatic rings. The van der Waals surface area contributed by atoms with Crippen molar-refractivity contribution in [3.8, 4) is 17.1 Å². The molecule has 5 rings (SSSR count). The van der Waals surface area contributed by atoms with Crippen LogP contribution in [0.4, 0.5) is 39.3 Å². The lowest BCUT2D eigenvalue weighted by molar-refractivity contribution is -0.384. The predicted octanol–water partition coefficient (Wildman–Crippen LogP) is 6.12. The Morgan fingerprint density at radius 3 is 2.05 bits per heavy atom. The minimum absolute atomic E-state index is 0.0414. The summed E-state index contributed by atoms with van der Waals surface area (Å²) in [5.74, 6) is 1.84. The monoisotopic (exact) mass is 540 g/mol. The third-order valence-corrected chi connectivity index (χ3v) is 5.43. The zero-order chi connectivity index (χ0) is 27.9. The van der Waals surface area contributed by atoms with Crippen LogP contribution in [0.1, 0.15) is 5.76 Å². The summed E-state index contributed by atoms with van der Waals surface area (Å²) in [6.45, 7) is 0. The van der Waals surface area contributed by atoms with Crippen LogP contribution in [0.25, 0.3) is 11.3 Å². The molecule has 0 unspecified atom stereocenters. The van der Waals surface area contributed by atoms with E-state index in [9.17, 15) is 14.5 Å². The van der Waals surface area contributed by atoms with E-state index in [2.05, 4.69) is 36.1 Å². The summed E-state index contributed by atoms with van der Waals surface area (Å²) in [6, 6.07) is 22.4. The maximum absolute atomic E-state index is 13.2. The highest BCUT2D eigenvalue weighted by Gasteiger charge is 2.10. The number of furan rings is 1. The lowest BCUT2D eigenvalue weighted by Gasteiger charge is -2.10. The number of benzene rings is 3. The fourth-order valence-electron chi connectivity index (χ4n) is 3.48. The minimum atomic E-state index is -0.481. The predicted molar refractivity (Wildman–Crippen MR) is 148 cm³/mol. The van der Waals surface area contributed by atoms with Crippen LogP contribution in [-0.2, 0) is 0 Å². The number of halogens is 1. The van der Waals surface area contributed by atoms with Crippen molar-refractivity contribution in [3.05, 3.63) is 107 Å². The molecule has 0 fully saturated rings. The van der Waals surface area contributed by atoms with Crippen LogP contribution >= 0.6 is 0 Å². The number of nitrogens with zero attached hydrogens (tertiary/aromatic N) is 5. The summed E-state index contributed by atoms with van der Waals surface area (Å²) in [7, 11) is 1.58. The van der Waals surface area contributed by atoms with Crippen molar-refractivity contribution in [3.63, 3.8) is 0 Å². The van der Waals surface area contributed by atoms with E-state index in [-0.39, 0.29) is 29.3 Å². The Bertz CT molecular complexity index is 1640. The molecule has 0 spiro atoms. The molecule has 0 aliphatic heterocycles. The molecule has 3 N–H and O–H groups in total. The van der Waals surface area contributed by atoms with Gasteiger partial charge in [0.1, 0.15) is 23.1 Å². The van der Waals surface area contributed by atoms with Crippen molar-refractivity contribution in [2.45, 2.75) is 0 Å². The van der Waals surface area contributed by atoms with E-state index in [1.165, 1.54) is 30.5 Å². The van der Waals surface area contributed by atoms with E-state index in [1.54, 1.807) is 67.8 Å². The van der Waals surface area contributed by atoms with E-state index >= 15 is 0 Å². The van der Waals surface area contributed by atoms with Crippen molar-refractivity contribution >= 4 is 41.1 Å². The molecule has 12 nitrogen and oxygen atoms in total. The maximum Gasteiger partial charge on any atom is 0.269 e. The summed E-state index contributed by atoms with van der Waals surface area (Å²) in [5, 5.41) is 21.2. The molecule has 13 heteroatoms. The smallest absolute Gasteiger partial charge is 0.269 e. The quantitative estimate of drug-likeness (QED) is 0.107. The van der Waals surface area contributed by atoms with Crippen LogP contribution in [0.5, 0.6) is 5.75 Å². The fourth-order valence-corrected chi connectivity index (χ4v) is 3.48. The summed E-state index contributed by atoms with van der Waals surface area (Å²) in [6.07, 6.45) is 1.44. The number of ether oxygens (including phenoxy) is 1. The number of hydrogen-bond acceptors (Lipinski definition) is 11. The highest BCUT2D eigenvalue weighted by atomic mass is 19.1. The van der Waals surface area contributed by atoms with Gasteiger partial charge in [-0.25, -0.2) is 9.82 Å². The zero-order valence-electron chi connectivity index (χ0n) is 20.9. The Morgan fingerprint density at radius 1 is 0.850 bits per heavy atom. The van der Waals surface area contributed by atoms with Gasteiger partial charge in [0.05, 0.1) is 18.2 Å². The molecule has 5 aromatic rings. The highest BCUT2D eigenvalue weighted by molar-refractivity contribution is 5.78. The van der Waals surface area contributed by atoms with Crippen molar-refractivity contribution in [1.82, 2.24) is 15.0 Å². The first-order valence-corrected chi connectivity index (χ1v) is 11.8. The number of nitrogens with one attached hydrogen (secondary N) is 3. The highest BCUT2D eigenvalue weighted by Crippen LogP contribution is 2.23. The molecule has 2 aromatic heterocycles. The van der Waals surface area contributed by atoms with Gasteiger partial charge in [0, 0.05) is 29.1 Å². The second-order valence-corrected chi connectivity index (χ2v) is 8.17. The number of non-ortho nitro benzene ring substituents is 1. The van der Waals surface area contributed by atoms with E-state index < -0.39 is 4.92 Å². The van der Waals surface area contributed by atoms with E-state index in [0.717, 1.165) is 5.56 Å². The molecule has 0 aliphatic carbocycles. The Hall–Kier alpha value is -5.85. The first kappa shape index (κ1) is 25.8. The standard InChI is InChI=1S/C27H21FN8O4/c1-39-22-12-8-20(9-13-22)31-26-32-25(30-19-6-10-21(11-7-19)36(37)38)33-27(34-26)35-29-16-23-14-15-24(40-23)17-2-4-18(28)5-3-17/h2-16H,1H3,(H3,30,31,32,33,34,35)/b29-16-. The lowest BCUT2D eigenvalue weighted by Crippen LogP contribution is -2.07. The van der Waals surface area contributed by atoms with E-state index in [0.29, 0.717) is 28.6 Å². The molecule has 200 valence electrons. The van der Waals surface area contributed by atoms with Gasteiger partial charge < -0.3 is 19.8 Å². The van der Waals surface area contributed by atoms with Crippen LogP contribution in [0, 0.1) is 15.9 Å². The van der Waals surface area contributed by atoms with Crippen molar-refractivity contribution in [1.29, 1.82) is 0 Å². The second kappa shape index (κ2) is 11.7. The summed E-state index contributed by atoms with van der Waals surface area (Å²) in [5.41, 5.74) is 4.67. The van der Waals surface area contributed by atoms with Gasteiger partial charge in [-0.15, -0.1) is 0 Å². The van der Waals surface area contributed by atoms with Gasteiger partial charge in [0.25, 0.3) is 5.69 Å². The molecule has 40 heavy (non-hydrogen) atoms. The Morgan fingerprint density at radius 2 is 1.45 bits per heavy atom. The van der Waals surface area contributed by atoms with Gasteiger partial charge in [0.2, 0.25) is 17.8 Å². The minimum Gasteiger partial charge on any atom is -0.497 e. The van der Waals surface area contributed by atoms with Gasteiger partial charge in [-0.1, -0.05) is 0 Å². The Balaban J connectivity index is 1.35. The van der Waals surface area contributed by atoms with Gasteiger partial charge in [0.15, 0.2) is 0 Å². The van der Waals surface area contributed by atoms with Gasteiger partial charge >= 0.3 is 0 Å². The van der Waals surface area contributed by atoms with Crippen LogP contribution in [0.15, 0.2) is 94.4 Å². The second-order valence-electron chi connectivity index (χ2n) is 8.17. The number of hydrogen-bond donors (Lipinski definition) is 3. The molecule has 3 aromatic carbocycles. The molecule has 2 heterocycles. The lowest BCUT2D eigenvalue weighted by atomic mass is 10.2. The Labute approximate surface area is 226 Å². The Kier molecular flexibility index (Phi) is 7.53. The molecule has 0 saturated heterocycles. The van der Waals surface area contributed by atoms with E-state index in [1.807, 2.05) is 0 Å². The molecular formula is C27H21FN8O4. The first-order chi connectivity index (χ1) is 19.4. The normalized spacial score (nSPS) is 10.8. The third-order valence-electron chi connectivity index (χ3n) is 5.43. The number of aromatic nitrogens is 3. The third kappa shape index (κ3) is 6.52. The summed E-state index contributed by atoms with van der Waals surface area (Å²) >= 11 is 0. The van der Waals surface area contributed by atoms with Crippen LogP contribution in [0.3, 0.4) is 0 Å². The molecule has 0 amide bonds. The van der Waals surface area contributed by atoms with Crippen LogP contribution < -0.4 is 20.8 Å². The number of anilines is 5. The number of nitro groups is 1. The molecular weight excluding hydrogens is 519 g/mol. The SMILES string of the molecule is COc1ccc(Nc2nc(N/N=C\c3ccc(-c4ccc(F)cc4)o3)nc(Nc3ccc([N+](=O)[O-])cc3)n2)cc1. The number of hydrazone groups is 1. The number of rotatable bonds is 10. The molecule has 0 radical (unpaired) electrons. The summed E-state index contributed by atoms with van der Waals surface area (Å²) < 4.78 is 24.1. The van der Waals surface area contributed by atoms with Crippen LogP contribution in [0.2, 0.25) is 0 Å². The van der Waals surface area contributed by atoms with Crippen molar-refractivity contribution in [2.24, 2.45) is 5.10 Å². The van der Waals surface area contributed by atoms with E-state index in [4.69, 9.17) is 9.15 Å². The number of methoxy groups -OCH3 is 1. The topological polar surface area (TPSA) is 153 Å². The zero-order valence-corrected chi connectivity index (χ0v) is 20.9.